The molecular formula is C37H66O6. The highest BCUT2D eigenvalue weighted by Crippen LogP contribution is 2.13. The maximum Gasteiger partial charge on any atom is 0.351 e. The monoisotopic (exact) mass is 606 g/mol. The Bertz CT molecular complexity index is 714. The van der Waals surface area contributed by atoms with Crippen molar-refractivity contribution in [1.29, 1.82) is 0 Å². The SMILES string of the molecule is CCCCC/C=C\C/C=C\CCCCCCCC(=O)OCC(OC(=O)CCCCCCCCCCCCC)C(=O)OCC. The predicted octanol–water partition coefficient (Wildman–Crippen LogP) is 10.5. The molecule has 0 spiro atoms. The van der Waals surface area contributed by atoms with Crippen LogP contribution in [0.1, 0.15) is 175 Å². The van der Waals surface area contributed by atoms with E-state index in [1.54, 1.807) is 6.92 Å². The van der Waals surface area contributed by atoms with E-state index in [9.17, 15) is 14.4 Å². The van der Waals surface area contributed by atoms with Crippen LogP contribution < -0.4 is 0 Å². The Labute approximate surface area is 264 Å². The van der Waals surface area contributed by atoms with Crippen LogP contribution in [0, 0.1) is 0 Å². The fourth-order valence-electron chi connectivity index (χ4n) is 4.86. The molecule has 0 radical (unpaired) electrons. The zero-order chi connectivity index (χ0) is 31.6. The molecule has 43 heavy (non-hydrogen) atoms. The van der Waals surface area contributed by atoms with Crippen LogP contribution in [0.3, 0.4) is 0 Å². The Kier molecular flexibility index (Phi) is 31.2. The lowest BCUT2D eigenvalue weighted by Gasteiger charge is -2.16. The first-order chi connectivity index (χ1) is 21.0. The second kappa shape index (κ2) is 32.8. The molecule has 0 aliphatic rings. The number of carbonyl (C=O) groups excluding carboxylic acids is 3. The first-order valence-corrected chi connectivity index (χ1v) is 17.9. The normalized spacial score (nSPS) is 12.2. The summed E-state index contributed by atoms with van der Waals surface area (Å²) in [5.41, 5.74) is 0. The topological polar surface area (TPSA) is 78.9 Å². The van der Waals surface area contributed by atoms with Gasteiger partial charge in [0.1, 0.15) is 6.61 Å². The molecule has 1 atom stereocenters. The van der Waals surface area contributed by atoms with Crippen molar-refractivity contribution >= 4 is 17.9 Å². The Morgan fingerprint density at radius 1 is 0.512 bits per heavy atom. The summed E-state index contributed by atoms with van der Waals surface area (Å²) in [7, 11) is 0. The molecule has 0 aliphatic carbocycles. The predicted molar refractivity (Wildman–Crippen MR) is 178 cm³/mol. The van der Waals surface area contributed by atoms with Crippen molar-refractivity contribution in [2.75, 3.05) is 13.2 Å². The van der Waals surface area contributed by atoms with E-state index in [-0.39, 0.29) is 25.6 Å². The van der Waals surface area contributed by atoms with Crippen molar-refractivity contribution in [3.63, 3.8) is 0 Å². The van der Waals surface area contributed by atoms with Crippen LogP contribution in [0.15, 0.2) is 24.3 Å². The second-order valence-electron chi connectivity index (χ2n) is 11.7. The summed E-state index contributed by atoms with van der Waals surface area (Å²) in [6.45, 7) is 6.04. The summed E-state index contributed by atoms with van der Waals surface area (Å²) in [6.07, 6.45) is 33.9. The van der Waals surface area contributed by atoms with Crippen LogP contribution in [0.4, 0.5) is 0 Å². The molecule has 0 aromatic heterocycles. The number of unbranched alkanes of at least 4 members (excludes halogenated alkanes) is 18. The minimum atomic E-state index is -1.20. The molecule has 1 unspecified atom stereocenters. The minimum absolute atomic E-state index is 0.172. The van der Waals surface area contributed by atoms with Gasteiger partial charge in [-0.25, -0.2) is 4.79 Å². The van der Waals surface area contributed by atoms with Crippen LogP contribution >= 0.6 is 0 Å². The number of esters is 3. The lowest BCUT2D eigenvalue weighted by atomic mass is 10.1. The van der Waals surface area contributed by atoms with Crippen molar-refractivity contribution in [3.8, 4) is 0 Å². The Morgan fingerprint density at radius 3 is 1.49 bits per heavy atom. The van der Waals surface area contributed by atoms with Crippen LogP contribution in [-0.4, -0.2) is 37.2 Å². The zero-order valence-electron chi connectivity index (χ0n) is 28.2. The quantitative estimate of drug-likeness (QED) is 0.0338. The van der Waals surface area contributed by atoms with Gasteiger partial charge < -0.3 is 14.2 Å². The van der Waals surface area contributed by atoms with E-state index in [1.807, 2.05) is 0 Å². The zero-order valence-corrected chi connectivity index (χ0v) is 28.2. The van der Waals surface area contributed by atoms with Gasteiger partial charge in [0.2, 0.25) is 6.10 Å². The van der Waals surface area contributed by atoms with Crippen molar-refractivity contribution in [1.82, 2.24) is 0 Å². The molecule has 0 rings (SSSR count). The van der Waals surface area contributed by atoms with E-state index in [0.717, 1.165) is 64.2 Å². The average molecular weight is 607 g/mol. The van der Waals surface area contributed by atoms with Crippen LogP contribution in [0.2, 0.25) is 0 Å². The first kappa shape index (κ1) is 40.9. The molecule has 0 amide bonds. The number of hydrogen-bond donors (Lipinski definition) is 0. The molecule has 0 saturated carbocycles. The molecule has 0 bridgehead atoms. The van der Waals surface area contributed by atoms with Gasteiger partial charge in [-0.2, -0.15) is 0 Å². The highest BCUT2D eigenvalue weighted by Gasteiger charge is 2.26. The molecule has 0 heterocycles. The average Bonchev–Trinajstić information content (AvgIpc) is 3.00. The number of hydrogen-bond acceptors (Lipinski definition) is 6. The Hall–Kier alpha value is -2.11. The lowest BCUT2D eigenvalue weighted by Crippen LogP contribution is -2.34. The Balaban J connectivity index is 3.94. The summed E-state index contributed by atoms with van der Waals surface area (Å²) >= 11 is 0. The maximum atomic E-state index is 12.3. The van der Waals surface area contributed by atoms with E-state index < -0.39 is 18.0 Å². The van der Waals surface area contributed by atoms with Gasteiger partial charge in [-0.15, -0.1) is 0 Å². The molecule has 0 aromatic carbocycles. The second-order valence-corrected chi connectivity index (χ2v) is 11.7. The number of allylic oxidation sites excluding steroid dienone is 4. The summed E-state index contributed by atoms with van der Waals surface area (Å²) < 4.78 is 15.6. The van der Waals surface area contributed by atoms with Crippen LogP contribution in [-0.2, 0) is 28.6 Å². The summed E-state index contributed by atoms with van der Waals surface area (Å²) in [5, 5.41) is 0. The molecule has 0 fully saturated rings. The molecular weight excluding hydrogens is 540 g/mol. The number of carbonyl (C=O) groups is 3. The highest BCUT2D eigenvalue weighted by atomic mass is 16.6. The molecule has 0 aromatic rings. The summed E-state index contributed by atoms with van der Waals surface area (Å²) in [6, 6.07) is 0. The molecule has 0 aliphatic heterocycles. The Morgan fingerprint density at radius 2 is 0.953 bits per heavy atom. The molecule has 6 nitrogen and oxygen atoms in total. The van der Waals surface area contributed by atoms with E-state index in [4.69, 9.17) is 14.2 Å². The standard InChI is InChI=1S/C37H66O6/c1-4-7-9-11-13-15-17-18-19-20-22-23-25-27-29-31-35(38)42-33-34(37(40)41-6-3)43-36(39)32-30-28-26-24-21-16-14-12-10-8-5-2/h13,15,18-19,34H,4-12,14,16-17,20-33H2,1-3H3/b15-13-,19-18-. The lowest BCUT2D eigenvalue weighted by molar-refractivity contribution is -0.174. The smallest absolute Gasteiger partial charge is 0.351 e. The maximum absolute atomic E-state index is 12.3. The van der Waals surface area contributed by atoms with Gasteiger partial charge in [0.25, 0.3) is 0 Å². The van der Waals surface area contributed by atoms with Crippen LogP contribution in [0.25, 0.3) is 0 Å². The number of rotatable bonds is 31. The third-order valence-electron chi connectivity index (χ3n) is 7.53. The van der Waals surface area contributed by atoms with Crippen molar-refractivity contribution in [3.05, 3.63) is 24.3 Å². The molecule has 6 heteroatoms. The van der Waals surface area contributed by atoms with Gasteiger partial charge in [0, 0.05) is 12.8 Å². The molecule has 0 N–H and O–H groups in total. The first-order valence-electron chi connectivity index (χ1n) is 17.9. The van der Waals surface area contributed by atoms with Crippen LogP contribution in [0.5, 0.6) is 0 Å². The van der Waals surface area contributed by atoms with Gasteiger partial charge in [-0.05, 0) is 51.9 Å². The third kappa shape index (κ3) is 29.7. The van der Waals surface area contributed by atoms with Crippen molar-refractivity contribution < 1.29 is 28.6 Å². The highest BCUT2D eigenvalue weighted by molar-refractivity contribution is 5.80. The van der Waals surface area contributed by atoms with Gasteiger partial charge in [0.05, 0.1) is 6.61 Å². The van der Waals surface area contributed by atoms with Gasteiger partial charge in [-0.1, -0.05) is 134 Å². The van der Waals surface area contributed by atoms with Gasteiger partial charge in [-0.3, -0.25) is 9.59 Å². The van der Waals surface area contributed by atoms with E-state index >= 15 is 0 Å². The van der Waals surface area contributed by atoms with E-state index in [1.165, 1.54) is 77.0 Å². The van der Waals surface area contributed by atoms with Crippen molar-refractivity contribution in [2.45, 2.75) is 181 Å². The van der Waals surface area contributed by atoms with E-state index in [0.29, 0.717) is 6.42 Å². The fourth-order valence-corrected chi connectivity index (χ4v) is 4.86. The molecule has 0 saturated heterocycles. The molecule has 250 valence electrons. The fraction of sp³-hybridized carbons (Fsp3) is 0.811. The van der Waals surface area contributed by atoms with E-state index in [2.05, 4.69) is 38.2 Å². The van der Waals surface area contributed by atoms with Gasteiger partial charge in [0.15, 0.2) is 0 Å². The third-order valence-corrected chi connectivity index (χ3v) is 7.53. The van der Waals surface area contributed by atoms with Gasteiger partial charge >= 0.3 is 17.9 Å². The largest absolute Gasteiger partial charge is 0.463 e. The minimum Gasteiger partial charge on any atom is -0.463 e. The summed E-state index contributed by atoms with van der Waals surface area (Å²) in [5.74, 6) is -1.49. The number of ether oxygens (including phenoxy) is 3. The summed E-state index contributed by atoms with van der Waals surface area (Å²) in [4.78, 5) is 36.8. The van der Waals surface area contributed by atoms with Crippen molar-refractivity contribution in [2.24, 2.45) is 0 Å².